The van der Waals surface area contributed by atoms with E-state index in [0.717, 1.165) is 23.5 Å². The summed E-state index contributed by atoms with van der Waals surface area (Å²) in [6, 6.07) is 10.4. The van der Waals surface area contributed by atoms with E-state index in [-0.39, 0.29) is 24.0 Å². The molecule has 5 rings (SSSR count). The molecule has 2 aromatic rings. The Morgan fingerprint density at radius 2 is 1.79 bits per heavy atom. The SMILES string of the molecule is Cc1nc(F)ccc1-c1cccc(C(=O)N2CC3CN(C(=O)CCC4CCC4)CC(C2)O3)c1. The molecule has 0 spiro atoms. The molecule has 2 atom stereocenters. The Balaban J connectivity index is 1.23. The molecule has 33 heavy (non-hydrogen) atoms. The van der Waals surface area contributed by atoms with Crippen molar-refractivity contribution in [1.82, 2.24) is 14.8 Å². The minimum absolute atomic E-state index is 0.0485. The van der Waals surface area contributed by atoms with E-state index in [1.54, 1.807) is 19.1 Å². The molecular weight excluding hydrogens is 421 g/mol. The van der Waals surface area contributed by atoms with Crippen LogP contribution in [0.5, 0.6) is 0 Å². The highest BCUT2D eigenvalue weighted by Crippen LogP contribution is 2.31. The summed E-state index contributed by atoms with van der Waals surface area (Å²) in [4.78, 5) is 33.7. The summed E-state index contributed by atoms with van der Waals surface area (Å²) in [6.07, 6.45) is 5.14. The Morgan fingerprint density at radius 3 is 2.45 bits per heavy atom. The quantitative estimate of drug-likeness (QED) is 0.649. The van der Waals surface area contributed by atoms with E-state index >= 15 is 0 Å². The van der Waals surface area contributed by atoms with Crippen LogP contribution in [0.2, 0.25) is 0 Å². The third kappa shape index (κ3) is 4.78. The lowest BCUT2D eigenvalue weighted by atomic mass is 9.82. The van der Waals surface area contributed by atoms with Gasteiger partial charge in [0.2, 0.25) is 11.9 Å². The average molecular weight is 452 g/mol. The first kappa shape index (κ1) is 22.0. The van der Waals surface area contributed by atoms with Gasteiger partial charge in [-0.3, -0.25) is 9.59 Å². The van der Waals surface area contributed by atoms with Crippen molar-refractivity contribution in [3.63, 3.8) is 0 Å². The molecule has 7 heteroatoms. The van der Waals surface area contributed by atoms with E-state index in [0.29, 0.717) is 43.9 Å². The number of hydrogen-bond donors (Lipinski definition) is 0. The third-order valence-corrected chi connectivity index (χ3v) is 7.18. The van der Waals surface area contributed by atoms with Crippen molar-refractivity contribution in [2.24, 2.45) is 5.92 Å². The van der Waals surface area contributed by atoms with Crippen LogP contribution in [0.1, 0.15) is 48.2 Å². The van der Waals surface area contributed by atoms with Crippen LogP contribution in [0.3, 0.4) is 0 Å². The maximum absolute atomic E-state index is 13.4. The highest BCUT2D eigenvalue weighted by molar-refractivity contribution is 5.95. The number of halogens is 1. The number of morpholine rings is 2. The molecule has 2 bridgehead atoms. The normalized spacial score (nSPS) is 22.7. The van der Waals surface area contributed by atoms with Crippen LogP contribution < -0.4 is 0 Å². The Labute approximate surface area is 193 Å². The molecule has 2 saturated heterocycles. The van der Waals surface area contributed by atoms with Crippen LogP contribution in [0, 0.1) is 18.8 Å². The molecule has 2 aliphatic heterocycles. The third-order valence-electron chi connectivity index (χ3n) is 7.18. The molecule has 1 aromatic carbocycles. The van der Waals surface area contributed by atoms with Gasteiger partial charge < -0.3 is 14.5 Å². The zero-order valence-electron chi connectivity index (χ0n) is 19.0. The van der Waals surface area contributed by atoms with Gasteiger partial charge in [-0.2, -0.15) is 4.39 Å². The topological polar surface area (TPSA) is 62.7 Å². The predicted molar refractivity (Wildman–Crippen MR) is 122 cm³/mol. The molecule has 3 aliphatic rings. The largest absolute Gasteiger partial charge is 0.368 e. The summed E-state index contributed by atoms with van der Waals surface area (Å²) in [5, 5.41) is 0. The number of ether oxygens (including phenoxy) is 1. The second-order valence-electron chi connectivity index (χ2n) is 9.57. The van der Waals surface area contributed by atoms with Gasteiger partial charge in [0.25, 0.3) is 5.91 Å². The second-order valence-corrected chi connectivity index (χ2v) is 9.57. The molecule has 0 radical (unpaired) electrons. The number of rotatable bonds is 5. The molecular formula is C26H30FN3O3. The predicted octanol–water partition coefficient (Wildman–Crippen LogP) is 3.83. The van der Waals surface area contributed by atoms with Gasteiger partial charge in [0.05, 0.1) is 12.2 Å². The van der Waals surface area contributed by atoms with E-state index < -0.39 is 5.95 Å². The molecule has 0 N–H and O–H groups in total. The summed E-state index contributed by atoms with van der Waals surface area (Å²) in [6.45, 7) is 3.80. The maximum Gasteiger partial charge on any atom is 0.254 e. The number of benzene rings is 1. The Hall–Kier alpha value is -2.80. The van der Waals surface area contributed by atoms with Gasteiger partial charge in [0.15, 0.2) is 0 Å². The molecule has 3 fully saturated rings. The molecule has 1 aliphatic carbocycles. The lowest BCUT2D eigenvalue weighted by Crippen LogP contribution is -2.61. The fourth-order valence-electron chi connectivity index (χ4n) is 5.17. The molecule has 1 saturated carbocycles. The van der Waals surface area contributed by atoms with Crippen molar-refractivity contribution in [1.29, 1.82) is 0 Å². The van der Waals surface area contributed by atoms with E-state index in [9.17, 15) is 14.0 Å². The smallest absolute Gasteiger partial charge is 0.254 e. The van der Waals surface area contributed by atoms with Crippen LogP contribution in [0.15, 0.2) is 36.4 Å². The molecule has 174 valence electrons. The van der Waals surface area contributed by atoms with E-state index in [1.165, 1.54) is 25.3 Å². The van der Waals surface area contributed by atoms with Crippen LogP contribution >= 0.6 is 0 Å². The van der Waals surface area contributed by atoms with Crippen LogP contribution in [0.4, 0.5) is 4.39 Å². The van der Waals surface area contributed by atoms with Gasteiger partial charge in [0.1, 0.15) is 0 Å². The fraction of sp³-hybridized carbons (Fsp3) is 0.500. The van der Waals surface area contributed by atoms with Gasteiger partial charge >= 0.3 is 0 Å². The second kappa shape index (κ2) is 9.21. The number of amides is 2. The lowest BCUT2D eigenvalue weighted by molar-refractivity contribution is -0.157. The summed E-state index contributed by atoms with van der Waals surface area (Å²) in [5.74, 6) is 0.385. The van der Waals surface area contributed by atoms with Crippen molar-refractivity contribution in [3.8, 4) is 11.1 Å². The first-order valence-electron chi connectivity index (χ1n) is 11.9. The molecule has 2 unspecified atom stereocenters. The average Bonchev–Trinajstić information content (AvgIpc) is 2.77. The van der Waals surface area contributed by atoms with Crippen molar-refractivity contribution in [2.75, 3.05) is 26.2 Å². The Bertz CT molecular complexity index is 1040. The van der Waals surface area contributed by atoms with Crippen LogP contribution in [-0.2, 0) is 9.53 Å². The summed E-state index contributed by atoms with van der Waals surface area (Å²) < 4.78 is 19.5. The Kier molecular flexibility index (Phi) is 6.15. The van der Waals surface area contributed by atoms with Gasteiger partial charge in [-0.1, -0.05) is 31.4 Å². The summed E-state index contributed by atoms with van der Waals surface area (Å²) in [5.41, 5.74) is 2.82. The van der Waals surface area contributed by atoms with Crippen molar-refractivity contribution >= 4 is 11.8 Å². The monoisotopic (exact) mass is 451 g/mol. The summed E-state index contributed by atoms with van der Waals surface area (Å²) in [7, 11) is 0. The number of aromatic nitrogens is 1. The van der Waals surface area contributed by atoms with Crippen LogP contribution in [0.25, 0.3) is 11.1 Å². The zero-order valence-corrected chi connectivity index (χ0v) is 19.0. The fourth-order valence-corrected chi connectivity index (χ4v) is 5.17. The number of pyridine rings is 1. The van der Waals surface area contributed by atoms with Gasteiger partial charge in [0, 0.05) is 49.4 Å². The maximum atomic E-state index is 13.4. The van der Waals surface area contributed by atoms with Crippen molar-refractivity contribution in [2.45, 2.75) is 51.2 Å². The highest BCUT2D eigenvalue weighted by Gasteiger charge is 2.38. The van der Waals surface area contributed by atoms with E-state index in [4.69, 9.17) is 4.74 Å². The number of fused-ring (bicyclic) bond motifs is 2. The minimum atomic E-state index is -0.515. The first-order chi connectivity index (χ1) is 16.0. The number of carbonyl (C=O) groups excluding carboxylic acids is 2. The number of aryl methyl sites for hydroxylation is 1. The van der Waals surface area contributed by atoms with Crippen molar-refractivity contribution in [3.05, 3.63) is 53.6 Å². The Morgan fingerprint density at radius 1 is 1.06 bits per heavy atom. The molecule has 2 amide bonds. The van der Waals surface area contributed by atoms with E-state index in [2.05, 4.69) is 4.98 Å². The van der Waals surface area contributed by atoms with Crippen molar-refractivity contribution < 1.29 is 18.7 Å². The van der Waals surface area contributed by atoms with Gasteiger partial charge in [-0.05, 0) is 49.1 Å². The molecule has 1 aromatic heterocycles. The molecule has 3 heterocycles. The number of carbonyl (C=O) groups is 2. The van der Waals surface area contributed by atoms with E-state index in [1.807, 2.05) is 28.0 Å². The number of nitrogens with zero attached hydrogens (tertiary/aromatic N) is 3. The zero-order chi connectivity index (χ0) is 22.9. The molecule has 6 nitrogen and oxygen atoms in total. The summed E-state index contributed by atoms with van der Waals surface area (Å²) >= 11 is 0. The first-order valence-corrected chi connectivity index (χ1v) is 11.9. The van der Waals surface area contributed by atoms with Crippen LogP contribution in [-0.4, -0.2) is 65.0 Å². The standard InChI is InChI=1S/C26H30FN3O3/c1-17-23(9-10-24(27)28-17)19-6-3-7-20(12-19)26(32)30-15-21-13-29(14-22(16-30)33-21)25(31)11-8-18-4-2-5-18/h3,6-7,9-10,12,18,21-22H,2,4-5,8,11,13-16H2,1H3. The van der Waals surface area contributed by atoms with Gasteiger partial charge in [-0.15, -0.1) is 0 Å². The minimum Gasteiger partial charge on any atom is -0.368 e. The number of hydrogen-bond acceptors (Lipinski definition) is 4. The lowest BCUT2D eigenvalue weighted by Gasteiger charge is -2.46. The highest BCUT2D eigenvalue weighted by atomic mass is 19.1. The van der Waals surface area contributed by atoms with Gasteiger partial charge in [-0.25, -0.2) is 4.98 Å².